The molecule has 0 radical (unpaired) electrons. The molecule has 1 aliphatic carbocycles. The van der Waals surface area contributed by atoms with Crippen molar-refractivity contribution in [3.63, 3.8) is 0 Å². The lowest BCUT2D eigenvalue weighted by molar-refractivity contribution is 0.269. The maximum atomic E-state index is 8.74. The van der Waals surface area contributed by atoms with Gasteiger partial charge in [-0.15, -0.1) is 0 Å². The average molecular weight is 209 g/mol. The zero-order chi connectivity index (χ0) is 10.7. The Kier molecular flexibility index (Phi) is 3.07. The van der Waals surface area contributed by atoms with Gasteiger partial charge >= 0.3 is 0 Å². The molecule has 15 heavy (non-hydrogen) atoms. The van der Waals surface area contributed by atoms with Gasteiger partial charge < -0.3 is 10.4 Å². The fraction of sp³-hybridized carbons (Fsp3) is 0.727. The highest BCUT2D eigenvalue weighted by atomic mass is 16.3. The molecule has 0 unspecified atom stereocenters. The Balaban J connectivity index is 1.73. The van der Waals surface area contributed by atoms with E-state index >= 15 is 0 Å². The van der Waals surface area contributed by atoms with Crippen LogP contribution in [0, 0.1) is 5.41 Å². The lowest BCUT2D eigenvalue weighted by Gasteiger charge is -2.08. The van der Waals surface area contributed by atoms with Crippen molar-refractivity contribution in [2.75, 3.05) is 13.2 Å². The number of rotatable bonds is 6. The lowest BCUT2D eigenvalue weighted by Crippen LogP contribution is -2.21. The molecular weight excluding hydrogens is 190 g/mol. The van der Waals surface area contributed by atoms with Crippen LogP contribution < -0.4 is 5.32 Å². The first-order valence-electron chi connectivity index (χ1n) is 5.55. The first-order valence-corrected chi connectivity index (χ1v) is 5.55. The summed E-state index contributed by atoms with van der Waals surface area (Å²) in [6.45, 7) is 5.01. The zero-order valence-electron chi connectivity index (χ0n) is 9.24. The van der Waals surface area contributed by atoms with Gasteiger partial charge in [-0.1, -0.05) is 6.92 Å². The van der Waals surface area contributed by atoms with Gasteiger partial charge in [-0.25, -0.2) is 0 Å². The van der Waals surface area contributed by atoms with Gasteiger partial charge in [-0.2, -0.15) is 5.10 Å². The molecule has 2 N–H and O–H groups in total. The summed E-state index contributed by atoms with van der Waals surface area (Å²) in [4.78, 5) is 0. The second-order valence-electron chi connectivity index (χ2n) is 4.75. The highest BCUT2D eigenvalue weighted by Crippen LogP contribution is 2.44. The topological polar surface area (TPSA) is 50.1 Å². The van der Waals surface area contributed by atoms with E-state index in [-0.39, 0.29) is 6.61 Å². The molecule has 1 fully saturated rings. The average Bonchev–Trinajstić information content (AvgIpc) is 2.76. The predicted octanol–water partition coefficient (Wildman–Crippen LogP) is 0.765. The number of hydrogen-bond acceptors (Lipinski definition) is 3. The van der Waals surface area contributed by atoms with Gasteiger partial charge in [0.1, 0.15) is 0 Å². The summed E-state index contributed by atoms with van der Waals surface area (Å²) in [5.41, 5.74) is 1.74. The van der Waals surface area contributed by atoms with Crippen molar-refractivity contribution < 1.29 is 5.11 Å². The van der Waals surface area contributed by atoms with Crippen LogP contribution in [0.3, 0.4) is 0 Å². The molecule has 1 aliphatic rings. The Hall–Kier alpha value is -0.870. The fourth-order valence-corrected chi connectivity index (χ4v) is 1.62. The number of nitrogens with zero attached hydrogens (tertiary/aromatic N) is 2. The molecule has 84 valence electrons. The van der Waals surface area contributed by atoms with E-state index in [2.05, 4.69) is 17.3 Å². The van der Waals surface area contributed by atoms with E-state index in [4.69, 9.17) is 5.11 Å². The Morgan fingerprint density at radius 2 is 2.40 bits per heavy atom. The standard InChI is InChI=1S/C11H19N3O/c1-11(2-3-11)9-12-6-10-7-13-14(8-10)4-5-15/h7-8,12,15H,2-6,9H2,1H3. The van der Waals surface area contributed by atoms with Crippen molar-refractivity contribution in [1.29, 1.82) is 0 Å². The van der Waals surface area contributed by atoms with Gasteiger partial charge in [0.05, 0.1) is 19.3 Å². The molecule has 0 atom stereocenters. The predicted molar refractivity (Wildman–Crippen MR) is 58.4 cm³/mol. The first-order chi connectivity index (χ1) is 7.22. The summed E-state index contributed by atoms with van der Waals surface area (Å²) in [7, 11) is 0. The largest absolute Gasteiger partial charge is 0.394 e. The summed E-state index contributed by atoms with van der Waals surface area (Å²) >= 11 is 0. The van der Waals surface area contributed by atoms with Crippen LogP contribution >= 0.6 is 0 Å². The maximum absolute atomic E-state index is 8.74. The quantitative estimate of drug-likeness (QED) is 0.727. The van der Waals surface area contributed by atoms with E-state index in [9.17, 15) is 0 Å². The third-order valence-electron chi connectivity index (χ3n) is 3.00. The van der Waals surface area contributed by atoms with Crippen molar-refractivity contribution >= 4 is 0 Å². The van der Waals surface area contributed by atoms with Gasteiger partial charge in [0.25, 0.3) is 0 Å². The van der Waals surface area contributed by atoms with E-state index in [1.54, 1.807) is 4.68 Å². The Morgan fingerprint density at radius 1 is 1.60 bits per heavy atom. The molecule has 0 bridgehead atoms. The number of aliphatic hydroxyl groups excluding tert-OH is 1. The fourth-order valence-electron chi connectivity index (χ4n) is 1.62. The molecule has 0 aliphatic heterocycles. The minimum absolute atomic E-state index is 0.145. The monoisotopic (exact) mass is 209 g/mol. The van der Waals surface area contributed by atoms with E-state index in [1.807, 2.05) is 12.4 Å². The summed E-state index contributed by atoms with van der Waals surface area (Å²) in [6, 6.07) is 0. The highest BCUT2D eigenvalue weighted by Gasteiger charge is 2.36. The lowest BCUT2D eigenvalue weighted by atomic mass is 10.1. The van der Waals surface area contributed by atoms with Crippen LogP contribution in [-0.2, 0) is 13.1 Å². The molecule has 4 nitrogen and oxygen atoms in total. The second-order valence-corrected chi connectivity index (χ2v) is 4.75. The van der Waals surface area contributed by atoms with Crippen LogP contribution in [0.15, 0.2) is 12.4 Å². The van der Waals surface area contributed by atoms with Crippen LogP contribution in [-0.4, -0.2) is 28.0 Å². The molecule has 1 heterocycles. The minimum atomic E-state index is 0.145. The first kappa shape index (κ1) is 10.6. The van der Waals surface area contributed by atoms with Gasteiger partial charge in [-0.05, 0) is 18.3 Å². The van der Waals surface area contributed by atoms with Crippen LogP contribution in [0.5, 0.6) is 0 Å². The number of hydrogen-bond donors (Lipinski definition) is 2. The zero-order valence-corrected chi connectivity index (χ0v) is 9.24. The van der Waals surface area contributed by atoms with E-state index in [0.717, 1.165) is 13.1 Å². The Morgan fingerprint density at radius 3 is 3.07 bits per heavy atom. The summed E-state index contributed by atoms with van der Waals surface area (Å²) in [6.07, 6.45) is 6.55. The van der Waals surface area contributed by atoms with Gasteiger partial charge in [0, 0.05) is 24.8 Å². The normalized spacial score (nSPS) is 18.0. The molecule has 0 aromatic carbocycles. The molecular formula is C11H19N3O. The highest BCUT2D eigenvalue weighted by molar-refractivity contribution is 5.03. The second kappa shape index (κ2) is 4.33. The molecule has 0 saturated heterocycles. The number of aromatic nitrogens is 2. The van der Waals surface area contributed by atoms with Crippen LogP contribution in [0.1, 0.15) is 25.3 Å². The van der Waals surface area contributed by atoms with E-state index < -0.39 is 0 Å². The van der Waals surface area contributed by atoms with Gasteiger partial charge in [0.2, 0.25) is 0 Å². The summed E-state index contributed by atoms with van der Waals surface area (Å²) in [5, 5.41) is 16.3. The molecule has 2 rings (SSSR count). The number of nitrogens with one attached hydrogen (secondary N) is 1. The molecule has 0 amide bonds. The Bertz CT molecular complexity index is 317. The minimum Gasteiger partial charge on any atom is -0.394 e. The molecule has 1 saturated carbocycles. The van der Waals surface area contributed by atoms with Gasteiger partial charge in [0.15, 0.2) is 0 Å². The van der Waals surface area contributed by atoms with Crippen molar-refractivity contribution in [3.8, 4) is 0 Å². The molecule has 1 aromatic rings. The van der Waals surface area contributed by atoms with Gasteiger partial charge in [-0.3, -0.25) is 4.68 Å². The smallest absolute Gasteiger partial charge is 0.0640 e. The molecule has 4 heteroatoms. The Labute approximate surface area is 90.3 Å². The van der Waals surface area contributed by atoms with Crippen LogP contribution in [0.4, 0.5) is 0 Å². The molecule has 1 aromatic heterocycles. The summed E-state index contributed by atoms with van der Waals surface area (Å²) < 4.78 is 1.77. The SMILES string of the molecule is CC1(CNCc2cnn(CCO)c2)CC1. The van der Waals surface area contributed by atoms with E-state index in [1.165, 1.54) is 18.4 Å². The van der Waals surface area contributed by atoms with E-state index in [0.29, 0.717) is 12.0 Å². The van der Waals surface area contributed by atoms with Crippen molar-refractivity contribution in [2.24, 2.45) is 5.41 Å². The van der Waals surface area contributed by atoms with Crippen LogP contribution in [0.25, 0.3) is 0 Å². The summed E-state index contributed by atoms with van der Waals surface area (Å²) in [5.74, 6) is 0. The van der Waals surface area contributed by atoms with Crippen molar-refractivity contribution in [3.05, 3.63) is 18.0 Å². The maximum Gasteiger partial charge on any atom is 0.0640 e. The third-order valence-corrected chi connectivity index (χ3v) is 3.00. The molecule has 0 spiro atoms. The third kappa shape index (κ3) is 3.04. The number of aliphatic hydroxyl groups is 1. The van der Waals surface area contributed by atoms with Crippen molar-refractivity contribution in [2.45, 2.75) is 32.9 Å². The van der Waals surface area contributed by atoms with Crippen LogP contribution in [0.2, 0.25) is 0 Å². The van der Waals surface area contributed by atoms with Crippen molar-refractivity contribution in [1.82, 2.24) is 15.1 Å².